The number of para-hydroxylation sites is 1. The van der Waals surface area contributed by atoms with Crippen molar-refractivity contribution in [3.63, 3.8) is 0 Å². The van der Waals surface area contributed by atoms with Gasteiger partial charge in [-0.1, -0.05) is 12.1 Å². The zero-order chi connectivity index (χ0) is 22.1. The van der Waals surface area contributed by atoms with Gasteiger partial charge in [0.15, 0.2) is 5.75 Å². The molecule has 0 radical (unpaired) electrons. The second kappa shape index (κ2) is 8.58. The lowest BCUT2D eigenvalue weighted by atomic mass is 9.93. The number of aromatic nitrogens is 4. The summed E-state index contributed by atoms with van der Waals surface area (Å²) < 4.78 is 22.1. The fraction of sp³-hybridized carbons (Fsp3) is 0.417. The molecule has 0 N–H and O–H groups in total. The zero-order valence-electron chi connectivity index (χ0n) is 18.0. The second-order valence-electron chi connectivity index (χ2n) is 8.56. The van der Waals surface area contributed by atoms with Crippen molar-refractivity contribution >= 4 is 5.69 Å². The number of pyridine rings is 1. The van der Waals surface area contributed by atoms with Crippen LogP contribution in [0, 0.1) is 17.3 Å². The molecular weight excluding hydrogens is 407 g/mol. The van der Waals surface area contributed by atoms with Gasteiger partial charge in [-0.15, -0.1) is 10.2 Å². The summed E-state index contributed by atoms with van der Waals surface area (Å²) in [4.78, 5) is 6.20. The van der Waals surface area contributed by atoms with Gasteiger partial charge in [-0.2, -0.15) is 9.65 Å². The first-order chi connectivity index (χ1) is 15.6. The van der Waals surface area contributed by atoms with E-state index < -0.39 is 5.95 Å². The predicted octanol–water partition coefficient (Wildman–Crippen LogP) is 4.20. The number of hydrogen-bond acceptors (Lipinski definition) is 6. The van der Waals surface area contributed by atoms with E-state index in [1.54, 1.807) is 12.4 Å². The van der Waals surface area contributed by atoms with Crippen molar-refractivity contribution in [3.8, 4) is 22.9 Å². The van der Waals surface area contributed by atoms with Crippen molar-refractivity contribution in [1.82, 2.24) is 19.7 Å². The smallest absolute Gasteiger partial charge is 0.255 e. The number of nitriles is 1. The molecule has 164 valence electrons. The number of nitrogens with zero attached hydrogens (tertiary/aromatic N) is 6. The molecule has 0 unspecified atom stereocenters. The molecule has 0 atom stereocenters. The Morgan fingerprint density at radius 1 is 1.19 bits per heavy atom. The minimum absolute atomic E-state index is 0.0612. The van der Waals surface area contributed by atoms with Gasteiger partial charge in [0.05, 0.1) is 17.4 Å². The number of benzene rings is 1. The van der Waals surface area contributed by atoms with Crippen LogP contribution >= 0.6 is 0 Å². The second-order valence-corrected chi connectivity index (χ2v) is 8.56. The summed E-state index contributed by atoms with van der Waals surface area (Å²) in [6.07, 6.45) is 8.15. The van der Waals surface area contributed by atoms with E-state index in [1.807, 2.05) is 29.8 Å². The Hall–Kier alpha value is -3.47. The third kappa shape index (κ3) is 3.79. The Bertz CT molecular complexity index is 1160. The lowest BCUT2D eigenvalue weighted by Crippen LogP contribution is -2.34. The highest BCUT2D eigenvalue weighted by Gasteiger charge is 2.27. The Morgan fingerprint density at radius 3 is 2.66 bits per heavy atom. The summed E-state index contributed by atoms with van der Waals surface area (Å²) in [5.74, 6) is 0.926. The molecule has 2 fully saturated rings. The number of piperidine rings is 1. The van der Waals surface area contributed by atoms with E-state index in [4.69, 9.17) is 4.74 Å². The van der Waals surface area contributed by atoms with Crippen LogP contribution in [0.25, 0.3) is 11.1 Å². The monoisotopic (exact) mass is 432 g/mol. The minimum atomic E-state index is -0.594. The molecule has 5 rings (SSSR count). The van der Waals surface area contributed by atoms with Crippen molar-refractivity contribution in [3.05, 3.63) is 54.1 Å². The van der Waals surface area contributed by atoms with Gasteiger partial charge < -0.3 is 14.2 Å². The van der Waals surface area contributed by atoms with E-state index >= 15 is 0 Å². The number of hydrogen-bond donors (Lipinski definition) is 0. The maximum absolute atomic E-state index is 14.3. The topological polar surface area (TPSA) is 79.9 Å². The Balaban J connectivity index is 1.45. The third-order valence-corrected chi connectivity index (χ3v) is 6.54. The molecule has 1 saturated carbocycles. The van der Waals surface area contributed by atoms with Crippen LogP contribution < -0.4 is 9.64 Å². The molecular formula is C24H25FN6O. The fourth-order valence-corrected chi connectivity index (χ4v) is 4.56. The fourth-order valence-electron chi connectivity index (χ4n) is 4.56. The van der Waals surface area contributed by atoms with Crippen LogP contribution in [0.15, 0.2) is 36.8 Å². The van der Waals surface area contributed by atoms with Crippen LogP contribution in [0.1, 0.15) is 49.4 Å². The van der Waals surface area contributed by atoms with Gasteiger partial charge in [0, 0.05) is 43.4 Å². The van der Waals surface area contributed by atoms with Crippen LogP contribution in [-0.4, -0.2) is 38.9 Å². The third-order valence-electron chi connectivity index (χ3n) is 6.54. The van der Waals surface area contributed by atoms with Crippen LogP contribution in [0.4, 0.5) is 10.1 Å². The van der Waals surface area contributed by atoms with Crippen molar-refractivity contribution in [2.45, 2.75) is 44.1 Å². The summed E-state index contributed by atoms with van der Waals surface area (Å²) in [6, 6.07) is 9.70. The normalized spacial score (nSPS) is 17.1. The number of ether oxygens (including phenoxy) is 1. The summed E-state index contributed by atoms with van der Waals surface area (Å²) >= 11 is 0. The minimum Gasteiger partial charge on any atom is -0.486 e. The van der Waals surface area contributed by atoms with Crippen molar-refractivity contribution < 1.29 is 9.13 Å². The van der Waals surface area contributed by atoms with E-state index in [1.165, 1.54) is 6.20 Å². The predicted molar refractivity (Wildman–Crippen MR) is 118 cm³/mol. The Morgan fingerprint density at radius 2 is 2.00 bits per heavy atom. The van der Waals surface area contributed by atoms with Gasteiger partial charge in [-0.3, -0.25) is 0 Å². The number of rotatable bonds is 5. The van der Waals surface area contributed by atoms with E-state index in [-0.39, 0.29) is 11.9 Å². The maximum Gasteiger partial charge on any atom is 0.255 e. The van der Waals surface area contributed by atoms with Crippen LogP contribution in [0.3, 0.4) is 0 Å². The van der Waals surface area contributed by atoms with Gasteiger partial charge in [0.2, 0.25) is 0 Å². The molecule has 3 aromatic rings. The number of halogens is 1. The van der Waals surface area contributed by atoms with Crippen LogP contribution in [0.2, 0.25) is 0 Å². The van der Waals surface area contributed by atoms with E-state index in [0.29, 0.717) is 11.5 Å². The van der Waals surface area contributed by atoms with Gasteiger partial charge in [-0.25, -0.2) is 4.98 Å². The highest BCUT2D eigenvalue weighted by atomic mass is 19.1. The standard InChI is InChI=1S/C24H25FN6O/c1-30-15-28-29-24(30)16-8-10-31(11-9-16)22-17(13-26)4-2-7-20(22)18-12-21(23(25)27-14-18)32-19-5-3-6-19/h2,4,7,12,14-16,19H,3,5-6,8-11H2,1H3. The first-order valence-electron chi connectivity index (χ1n) is 11.1. The SMILES string of the molecule is Cn1cnnc1C1CCN(c2c(C#N)cccc2-c2cnc(F)c(OC3CCC3)c2)CC1. The number of anilines is 1. The quantitative estimate of drug-likeness (QED) is 0.562. The molecule has 1 aromatic carbocycles. The molecule has 3 heterocycles. The van der Waals surface area contributed by atoms with Crippen molar-refractivity contribution in [2.75, 3.05) is 18.0 Å². The van der Waals surface area contributed by atoms with Crippen LogP contribution in [0.5, 0.6) is 5.75 Å². The molecule has 8 heteroatoms. The first-order valence-corrected chi connectivity index (χ1v) is 11.1. The summed E-state index contributed by atoms with van der Waals surface area (Å²) in [7, 11) is 1.97. The summed E-state index contributed by atoms with van der Waals surface area (Å²) in [6.45, 7) is 1.59. The lowest BCUT2D eigenvalue weighted by molar-refractivity contribution is 0.114. The first kappa shape index (κ1) is 20.4. The molecule has 1 aliphatic heterocycles. The largest absolute Gasteiger partial charge is 0.486 e. The van der Waals surface area contributed by atoms with Gasteiger partial charge >= 0.3 is 0 Å². The molecule has 32 heavy (non-hydrogen) atoms. The van der Waals surface area contributed by atoms with Gasteiger partial charge in [0.25, 0.3) is 5.95 Å². The highest BCUT2D eigenvalue weighted by molar-refractivity contribution is 5.83. The van der Waals surface area contributed by atoms with Crippen molar-refractivity contribution in [2.24, 2.45) is 7.05 Å². The molecule has 0 amide bonds. The van der Waals surface area contributed by atoms with Gasteiger partial charge in [0.1, 0.15) is 18.2 Å². The molecule has 2 aliphatic rings. The van der Waals surface area contributed by atoms with E-state index in [0.717, 1.165) is 67.8 Å². The van der Waals surface area contributed by atoms with Gasteiger partial charge in [-0.05, 0) is 44.2 Å². The molecule has 2 aromatic heterocycles. The van der Waals surface area contributed by atoms with Crippen molar-refractivity contribution in [1.29, 1.82) is 5.26 Å². The lowest BCUT2D eigenvalue weighted by Gasteiger charge is -2.35. The molecule has 7 nitrogen and oxygen atoms in total. The Labute approximate surface area is 186 Å². The van der Waals surface area contributed by atoms with Crippen LogP contribution in [-0.2, 0) is 7.05 Å². The Kier molecular flexibility index (Phi) is 5.48. The highest BCUT2D eigenvalue weighted by Crippen LogP contribution is 2.39. The van der Waals surface area contributed by atoms with E-state index in [2.05, 4.69) is 26.2 Å². The molecule has 0 spiro atoms. The molecule has 1 aliphatic carbocycles. The number of aryl methyl sites for hydroxylation is 1. The maximum atomic E-state index is 14.3. The zero-order valence-corrected chi connectivity index (χ0v) is 18.0. The summed E-state index contributed by atoms with van der Waals surface area (Å²) in [5, 5.41) is 18.1. The summed E-state index contributed by atoms with van der Waals surface area (Å²) in [5.41, 5.74) is 3.09. The molecule has 1 saturated heterocycles. The average molecular weight is 433 g/mol. The average Bonchev–Trinajstić information content (AvgIpc) is 3.22. The molecule has 0 bridgehead atoms. The van der Waals surface area contributed by atoms with E-state index in [9.17, 15) is 9.65 Å².